The molecule has 3 aromatic rings. The minimum atomic E-state index is -0.277. The summed E-state index contributed by atoms with van der Waals surface area (Å²) in [5.41, 5.74) is 3.20. The van der Waals surface area contributed by atoms with Gasteiger partial charge in [0.25, 0.3) is 5.89 Å². The monoisotopic (exact) mass is 295 g/mol. The van der Waals surface area contributed by atoms with E-state index in [9.17, 15) is 4.39 Å². The molecule has 1 aromatic carbocycles. The summed E-state index contributed by atoms with van der Waals surface area (Å²) in [6.45, 7) is 1.72. The standard InChI is InChI=1S/C17H14FN3O/c1-10-2-3-12(7-15(10)18)16-20-17(22-21-16)14-6-13(8-19-9-14)11-4-5-11/h2-3,6-9,11H,4-5H2,1H3. The zero-order chi connectivity index (χ0) is 15.1. The highest BCUT2D eigenvalue weighted by molar-refractivity contribution is 5.60. The van der Waals surface area contributed by atoms with E-state index in [4.69, 9.17) is 4.52 Å². The molecular formula is C17H14FN3O. The predicted molar refractivity (Wildman–Crippen MR) is 79.6 cm³/mol. The minimum Gasteiger partial charge on any atom is -0.334 e. The summed E-state index contributed by atoms with van der Waals surface area (Å²) < 4.78 is 19.0. The quantitative estimate of drug-likeness (QED) is 0.729. The van der Waals surface area contributed by atoms with Gasteiger partial charge in [-0.2, -0.15) is 4.98 Å². The van der Waals surface area contributed by atoms with E-state index in [0.29, 0.717) is 28.8 Å². The van der Waals surface area contributed by atoms with E-state index in [0.717, 1.165) is 5.56 Å². The molecule has 1 saturated carbocycles. The molecule has 1 aliphatic carbocycles. The van der Waals surface area contributed by atoms with Gasteiger partial charge in [0, 0.05) is 18.0 Å². The van der Waals surface area contributed by atoms with Crippen molar-refractivity contribution in [3.63, 3.8) is 0 Å². The molecule has 0 amide bonds. The summed E-state index contributed by atoms with van der Waals surface area (Å²) in [6, 6.07) is 6.95. The molecule has 0 atom stereocenters. The van der Waals surface area contributed by atoms with Gasteiger partial charge >= 0.3 is 0 Å². The third-order valence-electron chi connectivity index (χ3n) is 3.91. The van der Waals surface area contributed by atoms with Crippen molar-refractivity contribution in [1.29, 1.82) is 0 Å². The second kappa shape index (κ2) is 5.02. The van der Waals surface area contributed by atoms with Gasteiger partial charge < -0.3 is 4.52 Å². The van der Waals surface area contributed by atoms with Crippen LogP contribution < -0.4 is 0 Å². The number of aryl methyl sites for hydroxylation is 1. The van der Waals surface area contributed by atoms with Crippen molar-refractivity contribution in [3.8, 4) is 22.8 Å². The topological polar surface area (TPSA) is 51.8 Å². The number of hydrogen-bond acceptors (Lipinski definition) is 4. The number of aromatic nitrogens is 3. The van der Waals surface area contributed by atoms with Gasteiger partial charge in [0.05, 0.1) is 5.56 Å². The van der Waals surface area contributed by atoms with Crippen molar-refractivity contribution >= 4 is 0 Å². The van der Waals surface area contributed by atoms with Crippen LogP contribution in [0.1, 0.15) is 29.9 Å². The van der Waals surface area contributed by atoms with Crippen LogP contribution in [-0.2, 0) is 0 Å². The maximum atomic E-state index is 13.6. The van der Waals surface area contributed by atoms with Crippen LogP contribution in [0.4, 0.5) is 4.39 Å². The van der Waals surface area contributed by atoms with Crippen LogP contribution in [0.2, 0.25) is 0 Å². The van der Waals surface area contributed by atoms with Crippen LogP contribution in [-0.4, -0.2) is 15.1 Å². The van der Waals surface area contributed by atoms with E-state index < -0.39 is 0 Å². The van der Waals surface area contributed by atoms with Crippen molar-refractivity contribution in [3.05, 3.63) is 53.6 Å². The highest BCUT2D eigenvalue weighted by atomic mass is 19.1. The number of nitrogens with zero attached hydrogens (tertiary/aromatic N) is 3. The van der Waals surface area contributed by atoms with Crippen molar-refractivity contribution in [1.82, 2.24) is 15.1 Å². The lowest BCUT2D eigenvalue weighted by molar-refractivity contribution is 0.432. The molecule has 0 aliphatic heterocycles. The number of benzene rings is 1. The van der Waals surface area contributed by atoms with E-state index >= 15 is 0 Å². The molecule has 2 heterocycles. The Morgan fingerprint density at radius 3 is 2.77 bits per heavy atom. The molecule has 110 valence electrons. The Hall–Kier alpha value is -2.56. The zero-order valence-electron chi connectivity index (χ0n) is 12.1. The molecule has 2 aromatic heterocycles. The van der Waals surface area contributed by atoms with Gasteiger partial charge in [-0.3, -0.25) is 4.98 Å². The fourth-order valence-electron chi connectivity index (χ4n) is 2.40. The van der Waals surface area contributed by atoms with Crippen molar-refractivity contribution in [2.24, 2.45) is 0 Å². The molecule has 5 heteroatoms. The van der Waals surface area contributed by atoms with Crippen LogP contribution in [0, 0.1) is 12.7 Å². The Morgan fingerprint density at radius 1 is 1.14 bits per heavy atom. The van der Waals surface area contributed by atoms with E-state index in [1.165, 1.54) is 24.5 Å². The molecule has 0 unspecified atom stereocenters. The lowest BCUT2D eigenvalue weighted by Crippen LogP contribution is -1.87. The van der Waals surface area contributed by atoms with Gasteiger partial charge in [0.1, 0.15) is 5.82 Å². The van der Waals surface area contributed by atoms with Gasteiger partial charge in [0.2, 0.25) is 5.82 Å². The Labute approximate surface area is 127 Å². The Balaban J connectivity index is 1.68. The third-order valence-corrected chi connectivity index (χ3v) is 3.91. The Kier molecular flexibility index (Phi) is 2.99. The third kappa shape index (κ3) is 2.39. The smallest absolute Gasteiger partial charge is 0.259 e. The number of pyridine rings is 1. The summed E-state index contributed by atoms with van der Waals surface area (Å²) in [5, 5.41) is 3.94. The van der Waals surface area contributed by atoms with Crippen LogP contribution in [0.5, 0.6) is 0 Å². The Bertz CT molecular complexity index is 839. The fourth-order valence-corrected chi connectivity index (χ4v) is 2.40. The fraction of sp³-hybridized carbons (Fsp3) is 0.235. The lowest BCUT2D eigenvalue weighted by Gasteiger charge is -1.99. The maximum absolute atomic E-state index is 13.6. The Morgan fingerprint density at radius 2 is 2.00 bits per heavy atom. The largest absolute Gasteiger partial charge is 0.334 e. The van der Waals surface area contributed by atoms with Gasteiger partial charge in [-0.15, -0.1) is 0 Å². The molecule has 22 heavy (non-hydrogen) atoms. The summed E-state index contributed by atoms with van der Waals surface area (Å²) in [5.74, 6) is 1.12. The van der Waals surface area contributed by atoms with E-state index in [1.54, 1.807) is 25.3 Å². The summed E-state index contributed by atoms with van der Waals surface area (Å²) in [6.07, 6.45) is 6.01. The molecule has 0 saturated heterocycles. The molecule has 4 nitrogen and oxygen atoms in total. The van der Waals surface area contributed by atoms with Gasteiger partial charge in [0.15, 0.2) is 0 Å². The number of halogens is 1. The maximum Gasteiger partial charge on any atom is 0.259 e. The highest BCUT2D eigenvalue weighted by Crippen LogP contribution is 2.40. The molecule has 0 radical (unpaired) electrons. The summed E-state index contributed by atoms with van der Waals surface area (Å²) in [7, 11) is 0. The van der Waals surface area contributed by atoms with Crippen molar-refractivity contribution < 1.29 is 8.91 Å². The second-order valence-electron chi connectivity index (χ2n) is 5.67. The molecule has 0 spiro atoms. The zero-order valence-corrected chi connectivity index (χ0v) is 12.1. The molecular weight excluding hydrogens is 281 g/mol. The van der Waals surface area contributed by atoms with Crippen LogP contribution in [0.3, 0.4) is 0 Å². The molecule has 0 bridgehead atoms. The molecule has 4 rings (SSSR count). The SMILES string of the molecule is Cc1ccc(-c2noc(-c3cncc(C4CC4)c3)n2)cc1F. The second-order valence-corrected chi connectivity index (χ2v) is 5.67. The average Bonchev–Trinajstić information content (AvgIpc) is 3.27. The summed E-state index contributed by atoms with van der Waals surface area (Å²) in [4.78, 5) is 8.60. The predicted octanol–water partition coefficient (Wildman–Crippen LogP) is 4.12. The first kappa shape index (κ1) is 13.1. The van der Waals surface area contributed by atoms with E-state index in [-0.39, 0.29) is 5.82 Å². The molecule has 1 aliphatic rings. The van der Waals surface area contributed by atoms with Crippen LogP contribution in [0.25, 0.3) is 22.8 Å². The molecule has 1 fully saturated rings. The van der Waals surface area contributed by atoms with E-state index in [2.05, 4.69) is 15.1 Å². The highest BCUT2D eigenvalue weighted by Gasteiger charge is 2.24. The van der Waals surface area contributed by atoms with Gasteiger partial charge in [-0.1, -0.05) is 17.3 Å². The average molecular weight is 295 g/mol. The minimum absolute atomic E-state index is 0.277. The van der Waals surface area contributed by atoms with Crippen molar-refractivity contribution in [2.45, 2.75) is 25.7 Å². The van der Waals surface area contributed by atoms with Crippen LogP contribution >= 0.6 is 0 Å². The number of hydrogen-bond donors (Lipinski definition) is 0. The van der Waals surface area contributed by atoms with E-state index in [1.807, 2.05) is 12.3 Å². The first-order chi connectivity index (χ1) is 10.7. The normalized spacial score (nSPS) is 14.3. The first-order valence-corrected chi connectivity index (χ1v) is 7.26. The van der Waals surface area contributed by atoms with Crippen LogP contribution in [0.15, 0.2) is 41.2 Å². The van der Waals surface area contributed by atoms with Gasteiger partial charge in [-0.05, 0) is 48.9 Å². The number of rotatable bonds is 3. The lowest BCUT2D eigenvalue weighted by atomic mass is 10.1. The summed E-state index contributed by atoms with van der Waals surface area (Å²) >= 11 is 0. The first-order valence-electron chi connectivity index (χ1n) is 7.26. The van der Waals surface area contributed by atoms with Crippen molar-refractivity contribution in [2.75, 3.05) is 0 Å². The van der Waals surface area contributed by atoms with Gasteiger partial charge in [-0.25, -0.2) is 4.39 Å². The molecule has 0 N–H and O–H groups in total.